The molecule has 3 aromatic rings. The van der Waals surface area contributed by atoms with Crippen LogP contribution in [0.15, 0.2) is 54.6 Å². The third-order valence-corrected chi connectivity index (χ3v) is 4.72. The van der Waals surface area contributed by atoms with Crippen LogP contribution in [-0.2, 0) is 6.42 Å². The van der Waals surface area contributed by atoms with E-state index in [0.717, 1.165) is 22.3 Å². The van der Waals surface area contributed by atoms with Gasteiger partial charge < -0.3 is 4.74 Å². The van der Waals surface area contributed by atoms with E-state index in [4.69, 9.17) is 9.72 Å². The van der Waals surface area contributed by atoms with Crippen molar-refractivity contribution in [1.29, 1.82) is 0 Å². The van der Waals surface area contributed by atoms with Crippen molar-refractivity contribution in [1.82, 2.24) is 4.98 Å². The Hall–Kier alpha value is -2.35. The molecule has 130 valence electrons. The fourth-order valence-electron chi connectivity index (χ4n) is 3.17. The molecule has 0 unspecified atom stereocenters. The van der Waals surface area contributed by atoms with Gasteiger partial charge in [-0.05, 0) is 42.7 Å². The highest BCUT2D eigenvalue weighted by atomic mass is 16.5. The van der Waals surface area contributed by atoms with Gasteiger partial charge in [-0.3, -0.25) is 0 Å². The number of hydrogen-bond acceptors (Lipinski definition) is 2. The lowest BCUT2D eigenvalue weighted by Crippen LogP contribution is -1.89. The van der Waals surface area contributed by atoms with Crippen LogP contribution in [0.25, 0.3) is 22.2 Å². The second-order valence-electron chi connectivity index (χ2n) is 6.62. The van der Waals surface area contributed by atoms with Crippen LogP contribution in [-0.4, -0.2) is 12.1 Å². The first-order chi connectivity index (χ1) is 12.3. The molecule has 0 aliphatic heterocycles. The summed E-state index contributed by atoms with van der Waals surface area (Å²) in [7, 11) is 1.69. The number of ether oxygens (including phenoxy) is 1. The number of hydrogen-bond donors (Lipinski definition) is 0. The molecule has 25 heavy (non-hydrogen) atoms. The Bertz CT molecular complexity index is 808. The van der Waals surface area contributed by atoms with Crippen LogP contribution in [0.4, 0.5) is 0 Å². The van der Waals surface area contributed by atoms with Gasteiger partial charge in [0.05, 0.1) is 18.3 Å². The van der Waals surface area contributed by atoms with E-state index in [1.54, 1.807) is 7.11 Å². The first-order valence-corrected chi connectivity index (χ1v) is 9.34. The zero-order valence-corrected chi connectivity index (χ0v) is 15.3. The maximum atomic E-state index is 5.28. The van der Waals surface area contributed by atoms with E-state index < -0.39 is 0 Å². The molecular weight excluding hydrogens is 306 g/mol. The van der Waals surface area contributed by atoms with E-state index >= 15 is 0 Å². The standard InChI is InChI=1S/C23H27NO/c1-3-4-5-6-7-8-18-9-11-19(12-10-18)22-15-13-20-17-21(25-2)14-16-23(20)24-22/h9-17H,3-8H2,1-2H3. The zero-order chi connectivity index (χ0) is 17.5. The van der Waals surface area contributed by atoms with Crippen molar-refractivity contribution in [3.8, 4) is 17.0 Å². The minimum atomic E-state index is 0.866. The van der Waals surface area contributed by atoms with Crippen molar-refractivity contribution in [3.63, 3.8) is 0 Å². The van der Waals surface area contributed by atoms with Gasteiger partial charge in [0.1, 0.15) is 5.75 Å². The lowest BCUT2D eigenvalue weighted by molar-refractivity contribution is 0.415. The summed E-state index contributed by atoms with van der Waals surface area (Å²) in [5, 5.41) is 1.10. The van der Waals surface area contributed by atoms with Gasteiger partial charge in [-0.15, -0.1) is 0 Å². The van der Waals surface area contributed by atoms with Crippen LogP contribution < -0.4 is 4.74 Å². The Kier molecular flexibility index (Phi) is 6.05. The minimum absolute atomic E-state index is 0.866. The van der Waals surface area contributed by atoms with Gasteiger partial charge in [0.15, 0.2) is 0 Å². The molecule has 3 rings (SSSR count). The van der Waals surface area contributed by atoms with E-state index in [9.17, 15) is 0 Å². The highest BCUT2D eigenvalue weighted by Gasteiger charge is 2.03. The highest BCUT2D eigenvalue weighted by molar-refractivity contribution is 5.82. The third kappa shape index (κ3) is 4.60. The van der Waals surface area contributed by atoms with Gasteiger partial charge in [0.25, 0.3) is 0 Å². The van der Waals surface area contributed by atoms with Gasteiger partial charge in [0.2, 0.25) is 0 Å². The number of fused-ring (bicyclic) bond motifs is 1. The number of benzene rings is 2. The molecular formula is C23H27NO. The van der Waals surface area contributed by atoms with E-state index in [2.05, 4.69) is 43.3 Å². The number of unbranched alkanes of at least 4 members (excludes halogenated alkanes) is 4. The fraction of sp³-hybridized carbons (Fsp3) is 0.348. The molecule has 0 fully saturated rings. The summed E-state index contributed by atoms with van der Waals surface area (Å²) in [5.41, 5.74) is 4.61. The smallest absolute Gasteiger partial charge is 0.119 e. The quantitative estimate of drug-likeness (QED) is 0.443. The number of pyridine rings is 1. The summed E-state index contributed by atoms with van der Waals surface area (Å²) in [6.07, 6.45) is 7.83. The molecule has 0 aliphatic carbocycles. The molecule has 2 heteroatoms. The number of rotatable bonds is 8. The number of aromatic nitrogens is 1. The SMILES string of the molecule is CCCCCCCc1ccc(-c2ccc3cc(OC)ccc3n2)cc1. The second-order valence-corrected chi connectivity index (χ2v) is 6.62. The van der Waals surface area contributed by atoms with E-state index in [1.165, 1.54) is 49.7 Å². The van der Waals surface area contributed by atoms with Gasteiger partial charge in [-0.2, -0.15) is 0 Å². The Morgan fingerprint density at radius 1 is 0.840 bits per heavy atom. The largest absolute Gasteiger partial charge is 0.497 e. The van der Waals surface area contributed by atoms with Crippen molar-refractivity contribution in [3.05, 3.63) is 60.2 Å². The molecule has 2 nitrogen and oxygen atoms in total. The average Bonchev–Trinajstić information content (AvgIpc) is 2.67. The molecule has 0 aliphatic rings. The molecule has 0 saturated heterocycles. The summed E-state index contributed by atoms with van der Waals surface area (Å²) < 4.78 is 5.28. The molecule has 0 atom stereocenters. The third-order valence-electron chi connectivity index (χ3n) is 4.72. The van der Waals surface area contributed by atoms with Crippen LogP contribution in [0, 0.1) is 0 Å². The Morgan fingerprint density at radius 3 is 2.40 bits per heavy atom. The predicted molar refractivity (Wildman–Crippen MR) is 106 cm³/mol. The molecule has 0 saturated carbocycles. The molecule has 1 heterocycles. The van der Waals surface area contributed by atoms with Gasteiger partial charge in [-0.25, -0.2) is 4.98 Å². The van der Waals surface area contributed by atoms with Crippen LogP contribution in [0.1, 0.15) is 44.6 Å². The van der Waals surface area contributed by atoms with Gasteiger partial charge in [-0.1, -0.05) is 62.9 Å². The first kappa shape index (κ1) is 17.5. The average molecular weight is 333 g/mol. The number of methoxy groups -OCH3 is 1. The Balaban J connectivity index is 1.68. The van der Waals surface area contributed by atoms with E-state index in [1.807, 2.05) is 18.2 Å². The predicted octanol–water partition coefficient (Wildman–Crippen LogP) is 6.42. The Morgan fingerprint density at radius 2 is 1.64 bits per heavy atom. The molecule has 0 bridgehead atoms. The second kappa shape index (κ2) is 8.66. The van der Waals surface area contributed by atoms with Crippen molar-refractivity contribution < 1.29 is 4.74 Å². The number of nitrogens with zero attached hydrogens (tertiary/aromatic N) is 1. The lowest BCUT2D eigenvalue weighted by Gasteiger charge is -2.07. The van der Waals surface area contributed by atoms with E-state index in [-0.39, 0.29) is 0 Å². The molecule has 0 spiro atoms. The topological polar surface area (TPSA) is 22.1 Å². The van der Waals surface area contributed by atoms with Crippen LogP contribution in [0.5, 0.6) is 5.75 Å². The van der Waals surface area contributed by atoms with Crippen molar-refractivity contribution in [2.24, 2.45) is 0 Å². The van der Waals surface area contributed by atoms with E-state index in [0.29, 0.717) is 0 Å². The summed E-state index contributed by atoms with van der Waals surface area (Å²) in [4.78, 5) is 4.79. The summed E-state index contributed by atoms with van der Waals surface area (Å²) >= 11 is 0. The maximum Gasteiger partial charge on any atom is 0.119 e. The lowest BCUT2D eigenvalue weighted by atomic mass is 10.0. The molecule has 2 aromatic carbocycles. The Labute approximate surface area is 150 Å². The van der Waals surface area contributed by atoms with Gasteiger partial charge >= 0.3 is 0 Å². The van der Waals surface area contributed by atoms with Crippen molar-refractivity contribution >= 4 is 10.9 Å². The monoisotopic (exact) mass is 333 g/mol. The fourth-order valence-corrected chi connectivity index (χ4v) is 3.17. The first-order valence-electron chi connectivity index (χ1n) is 9.34. The van der Waals surface area contributed by atoms with Crippen LogP contribution in [0.2, 0.25) is 0 Å². The van der Waals surface area contributed by atoms with Gasteiger partial charge in [0, 0.05) is 10.9 Å². The van der Waals surface area contributed by atoms with Crippen LogP contribution in [0.3, 0.4) is 0 Å². The zero-order valence-electron chi connectivity index (χ0n) is 15.3. The van der Waals surface area contributed by atoms with Crippen LogP contribution >= 0.6 is 0 Å². The molecule has 1 aromatic heterocycles. The molecule has 0 radical (unpaired) electrons. The molecule has 0 N–H and O–H groups in total. The summed E-state index contributed by atoms with van der Waals surface area (Å²) in [6, 6.07) is 19.1. The summed E-state index contributed by atoms with van der Waals surface area (Å²) in [5.74, 6) is 0.866. The maximum absolute atomic E-state index is 5.28. The molecule has 0 amide bonds. The minimum Gasteiger partial charge on any atom is -0.497 e. The highest BCUT2D eigenvalue weighted by Crippen LogP contribution is 2.24. The summed E-state index contributed by atoms with van der Waals surface area (Å²) in [6.45, 7) is 2.26. The number of aryl methyl sites for hydroxylation is 1. The van der Waals surface area contributed by atoms with Crippen molar-refractivity contribution in [2.75, 3.05) is 7.11 Å². The van der Waals surface area contributed by atoms with Crippen molar-refractivity contribution in [2.45, 2.75) is 45.4 Å². The normalized spacial score (nSPS) is 11.0.